The molecule has 4 rings (SSSR count). The fourth-order valence-corrected chi connectivity index (χ4v) is 4.37. The molecule has 0 spiro atoms. The minimum absolute atomic E-state index is 0.0488. The highest BCUT2D eigenvalue weighted by atomic mass is 79.9. The average molecular weight is 538 g/mol. The summed E-state index contributed by atoms with van der Waals surface area (Å²) >= 11 is 8.73. The molecule has 3 aromatic rings. The van der Waals surface area contributed by atoms with Gasteiger partial charge >= 0.3 is 0 Å². The van der Waals surface area contributed by atoms with E-state index in [1.54, 1.807) is 42.5 Å². The van der Waals surface area contributed by atoms with Crippen LogP contribution in [-0.2, 0) is 4.74 Å². The van der Waals surface area contributed by atoms with E-state index in [4.69, 9.17) is 17.0 Å². The Morgan fingerprint density at radius 2 is 1.65 bits per heavy atom. The zero-order chi connectivity index (χ0) is 23.9. The van der Waals surface area contributed by atoms with Crippen LogP contribution in [0.1, 0.15) is 45.2 Å². The van der Waals surface area contributed by atoms with Crippen molar-refractivity contribution in [2.45, 2.75) is 25.0 Å². The van der Waals surface area contributed by atoms with Crippen LogP contribution in [0.3, 0.4) is 0 Å². The van der Waals surface area contributed by atoms with Crippen molar-refractivity contribution in [1.82, 2.24) is 10.6 Å². The van der Waals surface area contributed by atoms with E-state index in [1.807, 2.05) is 24.3 Å². The molecule has 1 aliphatic heterocycles. The van der Waals surface area contributed by atoms with Crippen molar-refractivity contribution in [1.29, 1.82) is 0 Å². The SMILES string of the molecule is O=C(NC(=S)Nc1cc(Br)ccc1C(=O)NCC1CCC(c2ccccc2)O1)c1ccccc1. The lowest BCUT2D eigenvalue weighted by Crippen LogP contribution is -2.36. The Bertz CT molecular complexity index is 1170. The summed E-state index contributed by atoms with van der Waals surface area (Å²) in [4.78, 5) is 25.3. The first kappa shape index (κ1) is 24.1. The monoisotopic (exact) mass is 537 g/mol. The molecule has 1 fully saturated rings. The molecule has 0 aliphatic carbocycles. The van der Waals surface area contributed by atoms with Crippen LogP contribution in [0, 0.1) is 0 Å². The van der Waals surface area contributed by atoms with Gasteiger partial charge in [-0.3, -0.25) is 14.9 Å². The fourth-order valence-electron chi connectivity index (χ4n) is 3.81. The minimum Gasteiger partial charge on any atom is -0.368 e. The van der Waals surface area contributed by atoms with Crippen LogP contribution >= 0.6 is 28.1 Å². The summed E-state index contributed by atoms with van der Waals surface area (Å²) < 4.78 is 6.90. The molecule has 34 heavy (non-hydrogen) atoms. The Kier molecular flexibility index (Phi) is 8.05. The molecule has 2 atom stereocenters. The molecular weight excluding hydrogens is 514 g/mol. The van der Waals surface area contributed by atoms with Gasteiger partial charge in [-0.05, 0) is 61.0 Å². The maximum absolute atomic E-state index is 13.0. The highest BCUT2D eigenvalue weighted by Crippen LogP contribution is 2.32. The van der Waals surface area contributed by atoms with E-state index in [1.165, 1.54) is 0 Å². The number of hydrogen-bond acceptors (Lipinski definition) is 4. The normalized spacial score (nSPS) is 17.1. The van der Waals surface area contributed by atoms with Gasteiger partial charge in [-0.15, -0.1) is 0 Å². The van der Waals surface area contributed by atoms with E-state index < -0.39 is 0 Å². The number of anilines is 1. The van der Waals surface area contributed by atoms with Gasteiger partial charge in [-0.25, -0.2) is 0 Å². The lowest BCUT2D eigenvalue weighted by atomic mass is 10.1. The second-order valence-corrected chi connectivity index (χ2v) is 9.23. The summed E-state index contributed by atoms with van der Waals surface area (Å²) in [6.07, 6.45) is 1.80. The van der Waals surface area contributed by atoms with E-state index in [2.05, 4.69) is 44.0 Å². The highest BCUT2D eigenvalue weighted by Gasteiger charge is 2.27. The number of hydrogen-bond donors (Lipinski definition) is 3. The highest BCUT2D eigenvalue weighted by molar-refractivity contribution is 9.10. The Morgan fingerprint density at radius 3 is 2.38 bits per heavy atom. The third kappa shape index (κ3) is 6.28. The number of carbonyl (C=O) groups excluding carboxylic acids is 2. The molecule has 0 saturated carbocycles. The molecule has 0 radical (unpaired) electrons. The van der Waals surface area contributed by atoms with Crippen LogP contribution < -0.4 is 16.0 Å². The Hall–Kier alpha value is -3.07. The van der Waals surface area contributed by atoms with Gasteiger partial charge in [0.1, 0.15) is 0 Å². The summed E-state index contributed by atoms with van der Waals surface area (Å²) in [6.45, 7) is 0.410. The molecule has 174 valence electrons. The van der Waals surface area contributed by atoms with Crippen molar-refractivity contribution in [3.8, 4) is 0 Å². The van der Waals surface area contributed by atoms with Gasteiger partial charge in [-0.1, -0.05) is 64.5 Å². The predicted octanol–water partition coefficient (Wildman–Crippen LogP) is 5.23. The minimum atomic E-state index is -0.328. The predicted molar refractivity (Wildman–Crippen MR) is 140 cm³/mol. The van der Waals surface area contributed by atoms with Gasteiger partial charge in [0.15, 0.2) is 5.11 Å². The first-order valence-corrected chi connectivity index (χ1v) is 12.2. The number of benzene rings is 3. The molecule has 8 heteroatoms. The zero-order valence-corrected chi connectivity index (χ0v) is 20.7. The molecule has 6 nitrogen and oxygen atoms in total. The van der Waals surface area contributed by atoms with Gasteiger partial charge in [0.2, 0.25) is 0 Å². The number of thiocarbonyl (C=S) groups is 1. The summed E-state index contributed by atoms with van der Waals surface area (Å²) in [5.41, 5.74) is 2.54. The zero-order valence-electron chi connectivity index (χ0n) is 18.3. The number of carbonyl (C=O) groups is 2. The summed E-state index contributed by atoms with van der Waals surface area (Å²) in [5.74, 6) is -0.579. The third-order valence-corrected chi connectivity index (χ3v) is 6.20. The largest absolute Gasteiger partial charge is 0.368 e. The number of ether oxygens (including phenoxy) is 1. The molecule has 1 aliphatic rings. The van der Waals surface area contributed by atoms with Crippen molar-refractivity contribution < 1.29 is 14.3 Å². The van der Waals surface area contributed by atoms with Crippen LogP contribution in [0.15, 0.2) is 83.3 Å². The Morgan fingerprint density at radius 1 is 0.941 bits per heavy atom. The van der Waals surface area contributed by atoms with E-state index in [-0.39, 0.29) is 29.1 Å². The molecule has 3 aromatic carbocycles. The van der Waals surface area contributed by atoms with Crippen molar-refractivity contribution in [3.63, 3.8) is 0 Å². The molecule has 2 amide bonds. The molecule has 0 bridgehead atoms. The summed E-state index contributed by atoms with van der Waals surface area (Å²) in [7, 11) is 0. The maximum Gasteiger partial charge on any atom is 0.257 e. The molecule has 0 aromatic heterocycles. The lowest BCUT2D eigenvalue weighted by Gasteiger charge is -2.17. The average Bonchev–Trinajstić information content (AvgIpc) is 3.33. The number of amides is 2. The molecular formula is C26H24BrN3O3S. The van der Waals surface area contributed by atoms with Crippen LogP contribution in [0.5, 0.6) is 0 Å². The van der Waals surface area contributed by atoms with Crippen LogP contribution in [-0.4, -0.2) is 29.6 Å². The van der Waals surface area contributed by atoms with Gasteiger partial charge < -0.3 is 15.4 Å². The van der Waals surface area contributed by atoms with Gasteiger partial charge in [0, 0.05) is 16.6 Å². The molecule has 3 N–H and O–H groups in total. The summed E-state index contributed by atoms with van der Waals surface area (Å²) in [5, 5.41) is 8.67. The Labute approximate surface area is 212 Å². The smallest absolute Gasteiger partial charge is 0.257 e. The quantitative estimate of drug-likeness (QED) is 0.375. The van der Waals surface area contributed by atoms with E-state index in [0.29, 0.717) is 23.4 Å². The first-order valence-electron chi connectivity index (χ1n) is 10.9. The van der Waals surface area contributed by atoms with E-state index in [9.17, 15) is 9.59 Å². The van der Waals surface area contributed by atoms with Crippen molar-refractivity contribution in [2.75, 3.05) is 11.9 Å². The molecule has 2 unspecified atom stereocenters. The van der Waals surface area contributed by atoms with Crippen LogP contribution in [0.25, 0.3) is 0 Å². The molecule has 1 heterocycles. The fraction of sp³-hybridized carbons (Fsp3) is 0.192. The number of halogens is 1. The standard InChI is InChI=1S/C26H24BrN3O3S/c27-19-11-13-21(22(15-19)29-26(34)30-24(31)18-9-5-2-6-10-18)25(32)28-16-20-12-14-23(33-20)17-7-3-1-4-8-17/h1-11,13,15,20,23H,12,14,16H2,(H,28,32)(H2,29,30,31,34). The maximum atomic E-state index is 13.0. The van der Waals surface area contributed by atoms with Gasteiger partial charge in [0.25, 0.3) is 11.8 Å². The first-order chi connectivity index (χ1) is 16.5. The molecule has 1 saturated heterocycles. The van der Waals surface area contributed by atoms with Gasteiger partial charge in [0.05, 0.1) is 23.5 Å². The van der Waals surface area contributed by atoms with E-state index in [0.717, 1.165) is 22.9 Å². The van der Waals surface area contributed by atoms with Crippen molar-refractivity contribution in [3.05, 3.63) is 100 Å². The van der Waals surface area contributed by atoms with Gasteiger partial charge in [-0.2, -0.15) is 0 Å². The van der Waals surface area contributed by atoms with Crippen molar-refractivity contribution >= 4 is 50.8 Å². The second kappa shape index (κ2) is 11.4. The second-order valence-electron chi connectivity index (χ2n) is 7.91. The van der Waals surface area contributed by atoms with Crippen LogP contribution in [0.4, 0.5) is 5.69 Å². The lowest BCUT2D eigenvalue weighted by molar-refractivity contribution is 0.0436. The number of rotatable bonds is 6. The topological polar surface area (TPSA) is 79.5 Å². The van der Waals surface area contributed by atoms with Crippen LogP contribution in [0.2, 0.25) is 0 Å². The number of nitrogens with one attached hydrogen (secondary N) is 3. The van der Waals surface area contributed by atoms with E-state index >= 15 is 0 Å². The third-order valence-electron chi connectivity index (χ3n) is 5.51. The van der Waals surface area contributed by atoms with Crippen molar-refractivity contribution in [2.24, 2.45) is 0 Å². The Balaban J connectivity index is 1.35. The summed E-state index contributed by atoms with van der Waals surface area (Å²) in [6, 6.07) is 24.1.